The zero-order chi connectivity index (χ0) is 34.8. The molecule has 1 aliphatic carbocycles. The van der Waals surface area contributed by atoms with E-state index in [0.717, 1.165) is 83.7 Å². The Kier molecular flexibility index (Phi) is 8.23. The molecular weight excluding hydrogens is 634 g/mol. The number of hydrogen-bond donors (Lipinski definition) is 3. The maximum absolute atomic E-state index is 14.0. The molecule has 4 aromatic rings. The average molecular weight is 682 g/mol. The van der Waals surface area contributed by atoms with Gasteiger partial charge in [-0.2, -0.15) is 0 Å². The Morgan fingerprint density at radius 2 is 1.72 bits per heavy atom. The van der Waals surface area contributed by atoms with Gasteiger partial charge in [-0.25, -0.2) is 14.8 Å². The number of carbonyl (C=O) groups excluding carboxylic acids is 2. The van der Waals surface area contributed by atoms with Crippen LogP contribution in [-0.4, -0.2) is 79.7 Å². The first kappa shape index (κ1) is 32.9. The summed E-state index contributed by atoms with van der Waals surface area (Å²) in [5.41, 5.74) is 5.57. The van der Waals surface area contributed by atoms with Crippen LogP contribution in [0.2, 0.25) is 0 Å². The van der Waals surface area contributed by atoms with Gasteiger partial charge in [0, 0.05) is 13.1 Å². The average Bonchev–Trinajstić information content (AvgIpc) is 3.54. The lowest BCUT2D eigenvalue weighted by Crippen LogP contribution is -2.56. The minimum atomic E-state index is -0.544. The number of H-pyrrole nitrogens is 2. The third-order valence-corrected chi connectivity index (χ3v) is 10.6. The summed E-state index contributed by atoms with van der Waals surface area (Å²) in [6, 6.07) is 14.0. The number of imidazole rings is 2. The molecule has 3 aliphatic heterocycles. The Balaban J connectivity index is 0.985. The van der Waals surface area contributed by atoms with E-state index in [1.54, 1.807) is 4.90 Å². The molecule has 4 aliphatic rings. The van der Waals surface area contributed by atoms with E-state index in [4.69, 9.17) is 19.2 Å². The van der Waals surface area contributed by atoms with Crippen molar-refractivity contribution in [1.29, 1.82) is 0 Å². The highest BCUT2D eigenvalue weighted by atomic mass is 16.9. The molecule has 3 saturated heterocycles. The maximum Gasteiger partial charge on any atom is 0.410 e. The van der Waals surface area contributed by atoms with Crippen LogP contribution in [0.4, 0.5) is 4.79 Å². The Bertz CT molecular complexity index is 1880. The van der Waals surface area contributed by atoms with Gasteiger partial charge in [-0.1, -0.05) is 44.2 Å². The lowest BCUT2D eigenvalue weighted by molar-refractivity contribution is -0.335. The molecular formula is C38H47N7O5. The summed E-state index contributed by atoms with van der Waals surface area (Å²) in [5, 5.41) is 3.25. The van der Waals surface area contributed by atoms with Crippen LogP contribution < -0.4 is 5.32 Å². The van der Waals surface area contributed by atoms with Gasteiger partial charge in [0.2, 0.25) is 12.3 Å². The second-order valence-electron chi connectivity index (χ2n) is 15.8. The van der Waals surface area contributed by atoms with Crippen molar-refractivity contribution in [3.8, 4) is 22.4 Å². The second-order valence-corrected chi connectivity index (χ2v) is 15.8. The van der Waals surface area contributed by atoms with Crippen LogP contribution in [0.3, 0.4) is 0 Å². The van der Waals surface area contributed by atoms with Crippen LogP contribution in [0.25, 0.3) is 33.4 Å². The Hall–Kier alpha value is -4.26. The SMILES string of the molecule is CC(C)[C@H](NC1OCO1)C(=O)N1CC2(CC2)C[C@H]1c1nc2ccc(-c3ccc(-c4cnc([C@@H]5CCCN5C(=O)OC(C)(C)C)[nH]4)cc3)cc2[nH]1. The number of amides is 2. The minimum Gasteiger partial charge on any atom is -0.444 e. The first-order valence-electron chi connectivity index (χ1n) is 17.9. The molecule has 0 radical (unpaired) electrons. The van der Waals surface area contributed by atoms with Crippen molar-refractivity contribution in [2.75, 3.05) is 19.9 Å². The fraction of sp³-hybridized carbons (Fsp3) is 0.526. The molecule has 4 fully saturated rings. The van der Waals surface area contributed by atoms with E-state index in [1.165, 1.54) is 0 Å². The second kappa shape index (κ2) is 12.5. The predicted octanol–water partition coefficient (Wildman–Crippen LogP) is 6.65. The summed E-state index contributed by atoms with van der Waals surface area (Å²) >= 11 is 0. The molecule has 1 spiro atoms. The largest absolute Gasteiger partial charge is 0.444 e. The summed E-state index contributed by atoms with van der Waals surface area (Å²) < 4.78 is 16.5. The fourth-order valence-corrected chi connectivity index (χ4v) is 7.63. The number of hydrogen-bond acceptors (Lipinski definition) is 8. The van der Waals surface area contributed by atoms with Gasteiger partial charge < -0.3 is 29.1 Å². The quantitative estimate of drug-likeness (QED) is 0.188. The highest BCUT2D eigenvalue weighted by Gasteiger charge is 2.55. The van der Waals surface area contributed by atoms with Gasteiger partial charge in [0.15, 0.2) is 6.79 Å². The van der Waals surface area contributed by atoms with E-state index >= 15 is 0 Å². The van der Waals surface area contributed by atoms with Gasteiger partial charge in [0.25, 0.3) is 0 Å². The van der Waals surface area contributed by atoms with E-state index in [1.807, 2.05) is 45.7 Å². The number of nitrogens with zero attached hydrogens (tertiary/aromatic N) is 4. The van der Waals surface area contributed by atoms with Crippen LogP contribution in [0, 0.1) is 11.3 Å². The summed E-state index contributed by atoms with van der Waals surface area (Å²) in [4.78, 5) is 47.4. The van der Waals surface area contributed by atoms with Crippen molar-refractivity contribution in [3.05, 3.63) is 60.3 Å². The van der Waals surface area contributed by atoms with E-state index in [9.17, 15) is 9.59 Å². The fourth-order valence-electron chi connectivity index (χ4n) is 7.63. The van der Waals surface area contributed by atoms with Crippen LogP contribution in [-0.2, 0) is 19.0 Å². The molecule has 2 aromatic heterocycles. The monoisotopic (exact) mass is 681 g/mol. The molecule has 3 N–H and O–H groups in total. The highest BCUT2D eigenvalue weighted by molar-refractivity contribution is 5.84. The van der Waals surface area contributed by atoms with Crippen molar-refractivity contribution in [2.45, 2.75) is 96.9 Å². The summed E-state index contributed by atoms with van der Waals surface area (Å²) in [6.07, 6.45) is 5.98. The number of nitrogens with one attached hydrogen (secondary N) is 3. The zero-order valence-electron chi connectivity index (χ0n) is 29.5. The number of ether oxygens (including phenoxy) is 3. The lowest BCUT2D eigenvalue weighted by atomic mass is 10.0. The number of carbonyl (C=O) groups is 2. The van der Waals surface area contributed by atoms with Crippen molar-refractivity contribution >= 4 is 23.0 Å². The third-order valence-electron chi connectivity index (χ3n) is 10.6. The third kappa shape index (κ3) is 6.40. The molecule has 0 unspecified atom stereocenters. The van der Waals surface area contributed by atoms with Gasteiger partial charge in [-0.05, 0) is 93.0 Å². The number of benzene rings is 2. The minimum absolute atomic E-state index is 0.0714. The molecule has 1 saturated carbocycles. The number of rotatable bonds is 8. The molecule has 8 rings (SSSR count). The van der Waals surface area contributed by atoms with Gasteiger partial charge in [0.05, 0.1) is 41.0 Å². The van der Waals surface area contributed by atoms with Crippen molar-refractivity contribution in [1.82, 2.24) is 35.1 Å². The Morgan fingerprint density at radius 3 is 2.40 bits per heavy atom. The van der Waals surface area contributed by atoms with E-state index in [2.05, 4.69) is 62.7 Å². The van der Waals surface area contributed by atoms with E-state index < -0.39 is 18.1 Å². The van der Waals surface area contributed by atoms with Gasteiger partial charge >= 0.3 is 6.09 Å². The molecule has 0 bridgehead atoms. The lowest BCUT2D eigenvalue weighted by Gasteiger charge is -2.35. The van der Waals surface area contributed by atoms with E-state index in [0.29, 0.717) is 6.54 Å². The van der Waals surface area contributed by atoms with E-state index in [-0.39, 0.29) is 42.2 Å². The molecule has 2 aromatic carbocycles. The molecule has 12 heteroatoms. The molecule has 5 heterocycles. The van der Waals surface area contributed by atoms with Crippen molar-refractivity contribution < 1.29 is 23.8 Å². The topological polar surface area (TPSA) is 138 Å². The van der Waals surface area contributed by atoms with Crippen molar-refractivity contribution in [2.24, 2.45) is 11.3 Å². The number of fused-ring (bicyclic) bond motifs is 1. The Morgan fingerprint density at radius 1 is 0.980 bits per heavy atom. The summed E-state index contributed by atoms with van der Waals surface area (Å²) in [7, 11) is 0. The van der Waals surface area contributed by atoms with Crippen LogP contribution in [0.1, 0.15) is 90.5 Å². The number of aromatic amines is 2. The molecule has 12 nitrogen and oxygen atoms in total. The first-order chi connectivity index (χ1) is 24.0. The maximum atomic E-state index is 14.0. The van der Waals surface area contributed by atoms with Gasteiger partial charge in [0.1, 0.15) is 17.2 Å². The molecule has 264 valence electrons. The van der Waals surface area contributed by atoms with Crippen LogP contribution in [0.5, 0.6) is 0 Å². The first-order valence-corrected chi connectivity index (χ1v) is 17.9. The standard InChI is InChI=1S/C38H47N7O5/c1-22(2)31(43-35-48-21-49-35)34(46)45-20-38(14-15-38)18-30(45)33-40-26-13-12-25(17-27(26)41-33)23-8-10-24(11-9-23)28-19-39-32(42-28)29-7-6-16-44(29)36(47)50-37(3,4)5/h8-13,17,19,22,29-31,35,43H,6-7,14-16,18,20-21H2,1-5H3,(H,39,42)(H,40,41)/t29-,30-,31-/m0/s1. The molecule has 50 heavy (non-hydrogen) atoms. The molecule has 2 amide bonds. The highest BCUT2D eigenvalue weighted by Crippen LogP contribution is 2.58. The van der Waals surface area contributed by atoms with Crippen LogP contribution in [0.15, 0.2) is 48.7 Å². The number of aromatic nitrogens is 4. The smallest absolute Gasteiger partial charge is 0.410 e. The predicted molar refractivity (Wildman–Crippen MR) is 187 cm³/mol. The van der Waals surface area contributed by atoms with Gasteiger partial charge in [-0.3, -0.25) is 15.0 Å². The van der Waals surface area contributed by atoms with Gasteiger partial charge in [-0.15, -0.1) is 0 Å². The summed E-state index contributed by atoms with van der Waals surface area (Å²) in [6.45, 7) is 11.4. The molecule has 3 atom stereocenters. The van der Waals surface area contributed by atoms with Crippen molar-refractivity contribution in [3.63, 3.8) is 0 Å². The summed E-state index contributed by atoms with van der Waals surface area (Å²) in [5.74, 6) is 1.77. The normalized spacial score (nSPS) is 22.4. The number of likely N-dealkylation sites (tertiary alicyclic amines) is 2. The zero-order valence-corrected chi connectivity index (χ0v) is 29.5. The van der Waals surface area contributed by atoms with Crippen LogP contribution >= 0.6 is 0 Å². The Labute approximate surface area is 292 Å².